The molecule has 0 radical (unpaired) electrons. The van der Waals surface area contributed by atoms with Gasteiger partial charge in [-0.1, -0.05) is 12.1 Å². The fourth-order valence-electron chi connectivity index (χ4n) is 6.32. The number of aliphatic hydroxyl groups is 2. The van der Waals surface area contributed by atoms with Crippen LogP contribution in [0.3, 0.4) is 0 Å². The zero-order valence-electron chi connectivity index (χ0n) is 23.9. The Bertz CT molecular complexity index is 1720. The molecule has 0 spiro atoms. The van der Waals surface area contributed by atoms with Gasteiger partial charge in [0.15, 0.2) is 5.82 Å². The van der Waals surface area contributed by atoms with E-state index < -0.39 is 5.60 Å². The maximum absolute atomic E-state index is 13.7. The topological polar surface area (TPSA) is 118 Å². The number of amides is 1. The number of anilines is 3. The summed E-state index contributed by atoms with van der Waals surface area (Å²) in [4.78, 5) is 28.6. The monoisotopic (exact) mass is 556 g/mol. The fourth-order valence-corrected chi connectivity index (χ4v) is 6.32. The molecule has 0 bridgehead atoms. The van der Waals surface area contributed by atoms with Crippen molar-refractivity contribution in [2.75, 3.05) is 16.8 Å². The maximum atomic E-state index is 13.7. The highest BCUT2D eigenvalue weighted by atomic mass is 16.3. The summed E-state index contributed by atoms with van der Waals surface area (Å²) in [6.07, 6.45) is 6.07. The first-order valence-corrected chi connectivity index (χ1v) is 14.1. The van der Waals surface area contributed by atoms with Crippen LogP contribution in [0.4, 0.5) is 17.2 Å². The molecule has 0 unspecified atom stereocenters. The lowest BCUT2D eigenvalue weighted by Crippen LogP contribution is -2.41. The molecule has 3 aromatic heterocycles. The fraction of sp³-hybridized carbons (Fsp3) is 0.387. The standard InChI is InChI=1S/C31H36N6O4/c1-31(2,41)27-16-28(33-35(27)4)32-23-14-20(17-34(3)29(23)39)21-9-7-11-25(22(21)18-38)37-13-12-36-24-10-6-5-8-19(24)15-26(36)30(37)40/h7,9,11,14-17,38,41H,5-6,8,10,12-13,18H2,1-4H3,(H,32,33). The Kier molecular flexibility index (Phi) is 6.62. The summed E-state index contributed by atoms with van der Waals surface area (Å²) in [6, 6.07) is 11.1. The number of aromatic nitrogens is 4. The molecule has 1 aliphatic carbocycles. The molecular formula is C31H36N6O4. The van der Waals surface area contributed by atoms with Gasteiger partial charge in [-0.25, -0.2) is 0 Å². The Morgan fingerprint density at radius 3 is 2.56 bits per heavy atom. The van der Waals surface area contributed by atoms with E-state index in [1.54, 1.807) is 55.9 Å². The zero-order valence-corrected chi connectivity index (χ0v) is 23.9. The van der Waals surface area contributed by atoms with E-state index >= 15 is 0 Å². The summed E-state index contributed by atoms with van der Waals surface area (Å²) < 4.78 is 5.24. The Morgan fingerprint density at radius 2 is 1.83 bits per heavy atom. The smallest absolute Gasteiger partial charge is 0.274 e. The van der Waals surface area contributed by atoms with E-state index in [9.17, 15) is 19.8 Å². The van der Waals surface area contributed by atoms with Crippen LogP contribution in [-0.2, 0) is 45.7 Å². The van der Waals surface area contributed by atoms with Crippen LogP contribution in [0.1, 0.15) is 59.7 Å². The molecule has 0 fully saturated rings. The molecule has 0 saturated heterocycles. The highest BCUT2D eigenvalue weighted by molar-refractivity contribution is 6.07. The molecular weight excluding hydrogens is 520 g/mol. The maximum Gasteiger partial charge on any atom is 0.274 e. The van der Waals surface area contributed by atoms with Crippen LogP contribution >= 0.6 is 0 Å². The third-order valence-corrected chi connectivity index (χ3v) is 8.28. The molecule has 10 heteroatoms. The van der Waals surface area contributed by atoms with Gasteiger partial charge in [0, 0.05) is 56.3 Å². The van der Waals surface area contributed by atoms with Crippen LogP contribution in [0, 0.1) is 0 Å². The molecule has 3 N–H and O–H groups in total. The number of hydrogen-bond acceptors (Lipinski definition) is 6. The average Bonchev–Trinajstić information content (AvgIpc) is 3.51. The van der Waals surface area contributed by atoms with Crippen molar-refractivity contribution in [1.82, 2.24) is 18.9 Å². The summed E-state index contributed by atoms with van der Waals surface area (Å²) in [5.74, 6) is 0.373. The lowest BCUT2D eigenvalue weighted by molar-refractivity contribution is 0.0695. The van der Waals surface area contributed by atoms with E-state index in [4.69, 9.17) is 0 Å². The summed E-state index contributed by atoms with van der Waals surface area (Å²) in [5.41, 5.74) is 5.58. The van der Waals surface area contributed by atoms with Gasteiger partial charge < -0.3 is 29.6 Å². The predicted octanol–water partition coefficient (Wildman–Crippen LogP) is 3.59. The van der Waals surface area contributed by atoms with Crippen molar-refractivity contribution in [1.29, 1.82) is 0 Å². The van der Waals surface area contributed by atoms with E-state index in [1.807, 2.05) is 18.2 Å². The summed E-state index contributed by atoms with van der Waals surface area (Å²) in [6.45, 7) is 4.32. The quantitative estimate of drug-likeness (QED) is 0.334. The molecule has 0 saturated carbocycles. The second-order valence-electron chi connectivity index (χ2n) is 11.6. The minimum atomic E-state index is -1.10. The molecule has 6 rings (SSSR count). The van der Waals surface area contributed by atoms with Gasteiger partial charge in [-0.2, -0.15) is 5.10 Å². The summed E-state index contributed by atoms with van der Waals surface area (Å²) >= 11 is 0. The normalized spacial score (nSPS) is 15.2. The first-order chi connectivity index (χ1) is 19.6. The van der Waals surface area contributed by atoms with Crippen molar-refractivity contribution in [2.24, 2.45) is 14.1 Å². The largest absolute Gasteiger partial charge is 0.392 e. The van der Waals surface area contributed by atoms with Crippen molar-refractivity contribution >= 4 is 23.1 Å². The number of benzene rings is 1. The molecule has 1 amide bonds. The van der Waals surface area contributed by atoms with E-state index in [0.717, 1.165) is 37.8 Å². The van der Waals surface area contributed by atoms with E-state index in [0.29, 0.717) is 46.3 Å². The molecule has 2 aliphatic rings. The third-order valence-electron chi connectivity index (χ3n) is 8.28. The van der Waals surface area contributed by atoms with Crippen LogP contribution in [0.25, 0.3) is 11.1 Å². The Morgan fingerprint density at radius 1 is 1.05 bits per heavy atom. The van der Waals surface area contributed by atoms with Crippen molar-refractivity contribution in [3.63, 3.8) is 0 Å². The number of rotatable bonds is 6. The summed E-state index contributed by atoms with van der Waals surface area (Å²) in [7, 11) is 3.41. The van der Waals surface area contributed by atoms with Gasteiger partial charge in [-0.15, -0.1) is 0 Å². The highest BCUT2D eigenvalue weighted by Crippen LogP contribution is 2.36. The third kappa shape index (κ3) is 4.66. The van der Waals surface area contributed by atoms with Crippen LogP contribution in [0.5, 0.6) is 0 Å². The number of nitrogens with one attached hydrogen (secondary N) is 1. The first-order valence-electron chi connectivity index (χ1n) is 14.1. The van der Waals surface area contributed by atoms with Crippen molar-refractivity contribution < 1.29 is 15.0 Å². The lowest BCUT2D eigenvalue weighted by Gasteiger charge is -2.31. The van der Waals surface area contributed by atoms with Gasteiger partial charge in [0.1, 0.15) is 17.0 Å². The van der Waals surface area contributed by atoms with Gasteiger partial charge >= 0.3 is 0 Å². The highest BCUT2D eigenvalue weighted by Gasteiger charge is 2.31. The van der Waals surface area contributed by atoms with Crippen molar-refractivity contribution in [3.8, 4) is 11.1 Å². The van der Waals surface area contributed by atoms with Crippen LogP contribution in [-0.4, -0.2) is 41.6 Å². The Balaban J connectivity index is 1.37. The second kappa shape index (κ2) is 10.0. The number of carbonyl (C=O) groups excluding carboxylic acids is 1. The Hall–Kier alpha value is -4.15. The lowest BCUT2D eigenvalue weighted by atomic mass is 9.98. The number of pyridine rings is 1. The average molecular weight is 557 g/mol. The van der Waals surface area contributed by atoms with Gasteiger partial charge in [-0.05, 0) is 68.9 Å². The molecule has 1 aromatic carbocycles. The van der Waals surface area contributed by atoms with E-state index in [-0.39, 0.29) is 18.1 Å². The molecule has 1 aliphatic heterocycles. The van der Waals surface area contributed by atoms with E-state index in [1.165, 1.54) is 15.8 Å². The number of aryl methyl sites for hydroxylation is 3. The number of fused-ring (bicyclic) bond motifs is 3. The molecule has 10 nitrogen and oxygen atoms in total. The molecule has 4 aromatic rings. The zero-order chi connectivity index (χ0) is 29.1. The SMILES string of the molecule is Cn1nc(Nc2cc(-c3cccc(N4CCn5c(cc6c5CCCC6)C4=O)c3CO)cn(C)c2=O)cc1C(C)(C)O. The number of carbonyl (C=O) groups is 1. The molecule has 0 atom stereocenters. The van der Waals surface area contributed by atoms with Crippen LogP contribution < -0.4 is 15.8 Å². The minimum Gasteiger partial charge on any atom is -0.392 e. The number of hydrogen-bond donors (Lipinski definition) is 3. The second-order valence-corrected chi connectivity index (χ2v) is 11.6. The predicted molar refractivity (Wildman–Crippen MR) is 158 cm³/mol. The molecule has 41 heavy (non-hydrogen) atoms. The van der Waals surface area contributed by atoms with Crippen molar-refractivity contribution in [3.05, 3.63) is 81.2 Å². The van der Waals surface area contributed by atoms with E-state index in [2.05, 4.69) is 21.0 Å². The number of aliphatic hydroxyl groups excluding tert-OH is 1. The van der Waals surface area contributed by atoms with Crippen LogP contribution in [0.15, 0.2) is 47.4 Å². The van der Waals surface area contributed by atoms with Crippen LogP contribution in [0.2, 0.25) is 0 Å². The summed E-state index contributed by atoms with van der Waals surface area (Å²) in [5, 5.41) is 28.5. The van der Waals surface area contributed by atoms with Gasteiger partial charge in [-0.3, -0.25) is 14.3 Å². The minimum absolute atomic E-state index is 0.0573. The van der Waals surface area contributed by atoms with Gasteiger partial charge in [0.25, 0.3) is 11.5 Å². The Labute approximate surface area is 238 Å². The van der Waals surface area contributed by atoms with Crippen molar-refractivity contribution in [2.45, 2.75) is 58.3 Å². The van der Waals surface area contributed by atoms with Gasteiger partial charge in [0.2, 0.25) is 0 Å². The first kappa shape index (κ1) is 27.0. The van der Waals surface area contributed by atoms with Gasteiger partial charge in [0.05, 0.1) is 18.0 Å². The molecule has 214 valence electrons. The molecule has 4 heterocycles. The number of nitrogens with zero attached hydrogens (tertiary/aromatic N) is 5.